The highest BCUT2D eigenvalue weighted by atomic mass is 32.2. The van der Waals surface area contributed by atoms with Gasteiger partial charge in [-0.25, -0.2) is 4.79 Å². The summed E-state index contributed by atoms with van der Waals surface area (Å²) in [6.07, 6.45) is 1.80. The highest BCUT2D eigenvalue weighted by Gasteiger charge is 1.96. The van der Waals surface area contributed by atoms with Crippen molar-refractivity contribution in [1.82, 2.24) is 15.0 Å². The van der Waals surface area contributed by atoms with E-state index in [0.29, 0.717) is 0 Å². The predicted octanol–water partition coefficient (Wildman–Crippen LogP) is 1.89. The molecule has 0 atom stereocenters. The molecule has 0 aromatic carbocycles. The van der Waals surface area contributed by atoms with Gasteiger partial charge in [-0.15, -0.1) is 0 Å². The van der Waals surface area contributed by atoms with Crippen LogP contribution in [0.5, 0.6) is 0 Å². The van der Waals surface area contributed by atoms with E-state index in [9.17, 15) is 4.79 Å². The van der Waals surface area contributed by atoms with Crippen LogP contribution >= 0.6 is 23.7 Å². The minimum absolute atomic E-state index is 0.153. The molecule has 0 saturated heterocycles. The molecule has 0 aliphatic heterocycles. The van der Waals surface area contributed by atoms with Crippen molar-refractivity contribution in [2.75, 3.05) is 18.6 Å². The van der Waals surface area contributed by atoms with E-state index in [1.165, 1.54) is 11.9 Å². The molecule has 0 spiro atoms. The molecule has 0 fully saturated rings. The Kier molecular flexibility index (Phi) is 6.83. The van der Waals surface area contributed by atoms with Crippen LogP contribution in [0.3, 0.4) is 0 Å². The van der Waals surface area contributed by atoms with Gasteiger partial charge in [0.05, 0.1) is 5.69 Å². The molecule has 16 heavy (non-hydrogen) atoms. The Hall–Kier alpha value is -0.880. The third kappa shape index (κ3) is 5.87. The predicted molar refractivity (Wildman–Crippen MR) is 70.4 cm³/mol. The summed E-state index contributed by atoms with van der Waals surface area (Å²) in [4.78, 5) is 15.0. The first kappa shape index (κ1) is 13.2. The summed E-state index contributed by atoms with van der Waals surface area (Å²) in [5.41, 5.74) is 1.09. The van der Waals surface area contributed by atoms with Crippen LogP contribution in [0, 0.1) is 0 Å². The fraction of sp³-hybridized carbons (Fsp3) is 0.400. The lowest BCUT2D eigenvalue weighted by Gasteiger charge is -2.03. The molecule has 4 nitrogen and oxygen atoms in total. The molecule has 6 heteroatoms. The Morgan fingerprint density at radius 1 is 1.44 bits per heavy atom. The molecule has 88 valence electrons. The van der Waals surface area contributed by atoms with Gasteiger partial charge >= 0.3 is 6.03 Å². The average molecular weight is 257 g/mol. The van der Waals surface area contributed by atoms with Crippen molar-refractivity contribution in [3.8, 4) is 0 Å². The van der Waals surface area contributed by atoms with Crippen molar-refractivity contribution in [2.45, 2.75) is 5.75 Å². The number of amides is 2. The van der Waals surface area contributed by atoms with Gasteiger partial charge in [0.1, 0.15) is 0 Å². The number of urea groups is 1. The van der Waals surface area contributed by atoms with Gasteiger partial charge in [0.25, 0.3) is 0 Å². The lowest BCUT2D eigenvalue weighted by molar-refractivity contribution is 0.248. The quantitative estimate of drug-likeness (QED) is 0.603. The maximum absolute atomic E-state index is 10.8. The van der Waals surface area contributed by atoms with Gasteiger partial charge in [0.2, 0.25) is 0 Å². The molecular formula is C10H15N3OS2. The summed E-state index contributed by atoms with van der Waals surface area (Å²) in [5.74, 6) is 2.80. The second-order valence-corrected chi connectivity index (χ2v) is 4.91. The monoisotopic (exact) mass is 257 g/mol. The summed E-state index contributed by atoms with van der Waals surface area (Å²) >= 11 is 3.23. The van der Waals surface area contributed by atoms with Crippen molar-refractivity contribution in [2.24, 2.45) is 0 Å². The van der Waals surface area contributed by atoms with Gasteiger partial charge in [-0.1, -0.05) is 6.07 Å². The topological polar surface area (TPSA) is 54.0 Å². The SMILES string of the molecule is CNC(=O)NSCCSCc1ccccn1. The number of thioether (sulfide) groups is 1. The summed E-state index contributed by atoms with van der Waals surface area (Å²) in [7, 11) is 1.60. The van der Waals surface area contributed by atoms with E-state index in [1.807, 2.05) is 30.0 Å². The zero-order valence-corrected chi connectivity index (χ0v) is 10.7. The van der Waals surface area contributed by atoms with Crippen LogP contribution in [-0.4, -0.2) is 29.6 Å². The van der Waals surface area contributed by atoms with Crippen LogP contribution in [-0.2, 0) is 5.75 Å². The largest absolute Gasteiger partial charge is 0.341 e. The third-order valence-electron chi connectivity index (χ3n) is 1.70. The van der Waals surface area contributed by atoms with Crippen LogP contribution in [0.25, 0.3) is 0 Å². The highest BCUT2D eigenvalue weighted by Crippen LogP contribution is 2.10. The molecule has 0 aliphatic rings. The zero-order chi connectivity index (χ0) is 11.6. The first-order valence-corrected chi connectivity index (χ1v) is 7.04. The number of nitrogens with zero attached hydrogens (tertiary/aromatic N) is 1. The molecule has 2 N–H and O–H groups in total. The van der Waals surface area contributed by atoms with E-state index in [1.54, 1.807) is 13.2 Å². The molecule has 0 radical (unpaired) electrons. The molecule has 0 saturated carbocycles. The fourth-order valence-corrected chi connectivity index (χ4v) is 2.59. The van der Waals surface area contributed by atoms with E-state index < -0.39 is 0 Å². The zero-order valence-electron chi connectivity index (χ0n) is 9.10. The Bertz CT molecular complexity index is 308. The second-order valence-electron chi connectivity index (χ2n) is 2.90. The second kappa shape index (κ2) is 8.29. The first-order valence-electron chi connectivity index (χ1n) is 4.90. The molecule has 1 heterocycles. The summed E-state index contributed by atoms with van der Waals surface area (Å²) < 4.78 is 2.67. The van der Waals surface area contributed by atoms with Crippen LogP contribution in [0.2, 0.25) is 0 Å². The lowest BCUT2D eigenvalue weighted by atomic mass is 10.4. The van der Waals surface area contributed by atoms with Gasteiger partial charge < -0.3 is 5.32 Å². The van der Waals surface area contributed by atoms with Gasteiger partial charge in [-0.2, -0.15) is 11.8 Å². The Morgan fingerprint density at radius 3 is 3.00 bits per heavy atom. The van der Waals surface area contributed by atoms with Gasteiger partial charge in [0.15, 0.2) is 0 Å². The van der Waals surface area contributed by atoms with Gasteiger partial charge in [-0.05, 0) is 24.1 Å². The van der Waals surface area contributed by atoms with Crippen molar-refractivity contribution in [1.29, 1.82) is 0 Å². The van der Waals surface area contributed by atoms with E-state index >= 15 is 0 Å². The fourth-order valence-electron chi connectivity index (χ4n) is 0.928. The summed E-state index contributed by atoms with van der Waals surface area (Å²) in [6, 6.07) is 5.77. The Labute approximate surface area is 104 Å². The Balaban J connectivity index is 1.98. The number of carbonyl (C=O) groups is 1. The number of carbonyl (C=O) groups excluding carboxylic acids is 1. The number of hydrogen-bond acceptors (Lipinski definition) is 4. The van der Waals surface area contributed by atoms with Crippen molar-refractivity contribution >= 4 is 29.7 Å². The van der Waals surface area contributed by atoms with Gasteiger partial charge in [0, 0.05) is 30.5 Å². The minimum atomic E-state index is -0.153. The van der Waals surface area contributed by atoms with Crippen LogP contribution in [0.15, 0.2) is 24.4 Å². The maximum atomic E-state index is 10.8. The molecule has 1 rings (SSSR count). The molecule has 2 amide bonds. The van der Waals surface area contributed by atoms with Crippen LogP contribution in [0.4, 0.5) is 4.79 Å². The Morgan fingerprint density at radius 2 is 2.31 bits per heavy atom. The number of nitrogens with one attached hydrogen (secondary N) is 2. The van der Waals surface area contributed by atoms with E-state index in [4.69, 9.17) is 0 Å². The smallest absolute Gasteiger partial charge is 0.324 e. The highest BCUT2D eigenvalue weighted by molar-refractivity contribution is 8.01. The van der Waals surface area contributed by atoms with Crippen LogP contribution in [0.1, 0.15) is 5.69 Å². The molecule has 1 aromatic heterocycles. The number of pyridine rings is 1. The van der Waals surface area contributed by atoms with Crippen molar-refractivity contribution in [3.63, 3.8) is 0 Å². The molecule has 0 bridgehead atoms. The minimum Gasteiger partial charge on any atom is -0.341 e. The van der Waals surface area contributed by atoms with Crippen molar-refractivity contribution < 1.29 is 4.79 Å². The molecule has 1 aromatic rings. The molecule has 0 aliphatic carbocycles. The lowest BCUT2D eigenvalue weighted by Crippen LogP contribution is -2.27. The number of aromatic nitrogens is 1. The molecule has 0 unspecified atom stereocenters. The average Bonchev–Trinajstić information content (AvgIpc) is 2.34. The van der Waals surface area contributed by atoms with Gasteiger partial charge in [-0.3, -0.25) is 9.71 Å². The molecular weight excluding hydrogens is 242 g/mol. The maximum Gasteiger partial charge on any atom is 0.324 e. The standard InChI is InChI=1S/C10H15N3OS2/c1-11-10(14)13-16-7-6-15-8-9-4-2-3-5-12-9/h2-5H,6-8H2,1H3,(H2,11,13,14). The number of hydrogen-bond donors (Lipinski definition) is 2. The van der Waals surface area contributed by atoms with E-state index in [-0.39, 0.29) is 6.03 Å². The van der Waals surface area contributed by atoms with E-state index in [0.717, 1.165) is 23.0 Å². The van der Waals surface area contributed by atoms with Crippen molar-refractivity contribution in [3.05, 3.63) is 30.1 Å². The summed E-state index contributed by atoms with van der Waals surface area (Å²) in [5, 5.41) is 2.49. The number of rotatable bonds is 6. The normalized spacial score (nSPS) is 9.81. The third-order valence-corrected chi connectivity index (χ3v) is 3.69. The van der Waals surface area contributed by atoms with E-state index in [2.05, 4.69) is 15.0 Å². The van der Waals surface area contributed by atoms with Crippen LogP contribution < -0.4 is 10.0 Å². The summed E-state index contributed by atoms with van der Waals surface area (Å²) in [6.45, 7) is 0. The first-order chi connectivity index (χ1) is 7.83.